The van der Waals surface area contributed by atoms with Crippen molar-refractivity contribution in [3.63, 3.8) is 0 Å². The van der Waals surface area contributed by atoms with E-state index < -0.39 is 11.9 Å². The molecule has 2 aromatic rings. The molecule has 0 radical (unpaired) electrons. The number of pyridine rings is 1. The monoisotopic (exact) mass is 424 g/mol. The highest BCUT2D eigenvalue weighted by Crippen LogP contribution is 2.45. The first-order valence-corrected chi connectivity index (χ1v) is 8.85. The van der Waals surface area contributed by atoms with Crippen molar-refractivity contribution in [3.05, 3.63) is 68.3 Å². The summed E-state index contributed by atoms with van der Waals surface area (Å²) >= 11 is 9.54. The van der Waals surface area contributed by atoms with Crippen molar-refractivity contribution in [1.82, 2.24) is 4.98 Å². The largest absolute Gasteiger partial charge is 0.463 e. The Balaban J connectivity index is 2.25. The van der Waals surface area contributed by atoms with Crippen molar-refractivity contribution in [1.29, 1.82) is 0 Å². The highest BCUT2D eigenvalue weighted by Gasteiger charge is 2.35. The zero-order valence-electron chi connectivity index (χ0n) is 13.6. The summed E-state index contributed by atoms with van der Waals surface area (Å²) in [6, 6.07) is 6.42. The van der Waals surface area contributed by atoms with Gasteiger partial charge >= 0.3 is 5.97 Å². The molecule has 1 unspecified atom stereocenters. The van der Waals surface area contributed by atoms with E-state index in [2.05, 4.69) is 26.2 Å². The first-order chi connectivity index (χ1) is 11.9. The Labute approximate surface area is 158 Å². The smallest absolute Gasteiger partial charge is 0.336 e. The second kappa shape index (κ2) is 7.14. The van der Waals surface area contributed by atoms with Crippen LogP contribution in [0, 0.1) is 5.82 Å². The van der Waals surface area contributed by atoms with Crippen molar-refractivity contribution in [2.45, 2.75) is 19.8 Å². The SMILES string of the molecule is CCOC(=O)C1=C(C)Nc2ccnc(Cl)c2C1c1ccc(F)c(Br)c1. The molecule has 2 heterocycles. The Kier molecular flexibility index (Phi) is 5.11. The molecule has 25 heavy (non-hydrogen) atoms. The van der Waals surface area contributed by atoms with Crippen LogP contribution in [0.15, 0.2) is 46.2 Å². The summed E-state index contributed by atoms with van der Waals surface area (Å²) < 4.78 is 19.2. The van der Waals surface area contributed by atoms with Gasteiger partial charge in [-0.1, -0.05) is 17.7 Å². The number of fused-ring (bicyclic) bond motifs is 1. The summed E-state index contributed by atoms with van der Waals surface area (Å²) in [5.41, 5.74) is 3.24. The molecule has 1 atom stereocenters. The number of hydrogen-bond donors (Lipinski definition) is 1. The molecule has 0 saturated heterocycles. The molecule has 0 amide bonds. The van der Waals surface area contributed by atoms with Gasteiger partial charge in [-0.15, -0.1) is 0 Å². The van der Waals surface area contributed by atoms with E-state index in [0.29, 0.717) is 26.9 Å². The third kappa shape index (κ3) is 3.28. The number of esters is 1. The van der Waals surface area contributed by atoms with Gasteiger partial charge in [-0.25, -0.2) is 14.2 Å². The minimum Gasteiger partial charge on any atom is -0.463 e. The fourth-order valence-corrected chi connectivity index (χ4v) is 3.63. The zero-order valence-corrected chi connectivity index (χ0v) is 15.9. The summed E-state index contributed by atoms with van der Waals surface area (Å²) in [5.74, 6) is -1.33. The number of nitrogens with one attached hydrogen (secondary N) is 1. The van der Waals surface area contributed by atoms with E-state index in [1.54, 1.807) is 38.2 Å². The minimum absolute atomic E-state index is 0.253. The zero-order chi connectivity index (χ0) is 18.1. The van der Waals surface area contributed by atoms with Gasteiger partial charge in [0, 0.05) is 29.1 Å². The maximum Gasteiger partial charge on any atom is 0.336 e. The van der Waals surface area contributed by atoms with Gasteiger partial charge in [0.1, 0.15) is 11.0 Å². The Morgan fingerprint density at radius 2 is 2.20 bits per heavy atom. The van der Waals surface area contributed by atoms with E-state index in [9.17, 15) is 9.18 Å². The molecule has 130 valence electrons. The van der Waals surface area contributed by atoms with Crippen LogP contribution in [0.1, 0.15) is 30.9 Å². The van der Waals surface area contributed by atoms with E-state index in [4.69, 9.17) is 16.3 Å². The van der Waals surface area contributed by atoms with E-state index in [-0.39, 0.29) is 17.6 Å². The van der Waals surface area contributed by atoms with Crippen molar-refractivity contribution in [2.75, 3.05) is 11.9 Å². The van der Waals surface area contributed by atoms with Crippen LogP contribution in [0.25, 0.3) is 0 Å². The topological polar surface area (TPSA) is 51.2 Å². The average Bonchev–Trinajstić information content (AvgIpc) is 2.56. The van der Waals surface area contributed by atoms with Gasteiger partial charge in [0.05, 0.1) is 16.7 Å². The fraction of sp³-hybridized carbons (Fsp3) is 0.222. The fourth-order valence-electron chi connectivity index (χ4n) is 2.97. The molecule has 1 aliphatic rings. The predicted octanol–water partition coefficient (Wildman–Crippen LogP) is 5.03. The molecule has 0 saturated carbocycles. The normalized spacial score (nSPS) is 16.3. The van der Waals surface area contributed by atoms with E-state index in [1.807, 2.05) is 0 Å². The first kappa shape index (κ1) is 17.9. The lowest BCUT2D eigenvalue weighted by Gasteiger charge is -2.30. The molecule has 1 aromatic heterocycles. The number of ether oxygens (including phenoxy) is 1. The predicted molar refractivity (Wildman–Crippen MR) is 98.1 cm³/mol. The molecule has 0 aliphatic carbocycles. The molecule has 3 rings (SSSR count). The average molecular weight is 426 g/mol. The lowest BCUT2D eigenvalue weighted by Crippen LogP contribution is -2.25. The highest BCUT2D eigenvalue weighted by atomic mass is 79.9. The maximum absolute atomic E-state index is 13.7. The van der Waals surface area contributed by atoms with Crippen LogP contribution in [0.3, 0.4) is 0 Å². The number of anilines is 1. The lowest BCUT2D eigenvalue weighted by atomic mass is 9.81. The number of carbonyl (C=O) groups excluding carboxylic acids is 1. The van der Waals surface area contributed by atoms with E-state index in [0.717, 1.165) is 5.69 Å². The third-order valence-electron chi connectivity index (χ3n) is 4.02. The molecule has 1 aliphatic heterocycles. The summed E-state index contributed by atoms with van der Waals surface area (Å²) in [6.07, 6.45) is 1.59. The highest BCUT2D eigenvalue weighted by molar-refractivity contribution is 9.10. The number of hydrogen-bond acceptors (Lipinski definition) is 4. The van der Waals surface area contributed by atoms with Crippen LogP contribution < -0.4 is 5.32 Å². The Morgan fingerprint density at radius 3 is 2.88 bits per heavy atom. The van der Waals surface area contributed by atoms with Crippen molar-refractivity contribution < 1.29 is 13.9 Å². The first-order valence-electron chi connectivity index (χ1n) is 7.68. The van der Waals surface area contributed by atoms with Crippen LogP contribution in [-0.2, 0) is 9.53 Å². The number of aromatic nitrogens is 1. The third-order valence-corrected chi connectivity index (χ3v) is 4.93. The molecule has 4 nitrogen and oxygen atoms in total. The molecular weight excluding hydrogens is 411 g/mol. The number of allylic oxidation sites excluding steroid dienone is 1. The van der Waals surface area contributed by atoms with Crippen molar-refractivity contribution >= 4 is 39.2 Å². The minimum atomic E-state index is -0.506. The van der Waals surface area contributed by atoms with Gasteiger partial charge in [0.15, 0.2) is 0 Å². The second-order valence-electron chi connectivity index (χ2n) is 5.55. The number of rotatable bonds is 3. The summed E-state index contributed by atoms with van der Waals surface area (Å²) in [5, 5.41) is 3.47. The summed E-state index contributed by atoms with van der Waals surface area (Å²) in [7, 11) is 0. The van der Waals surface area contributed by atoms with Crippen LogP contribution in [0.4, 0.5) is 10.1 Å². The number of nitrogens with zero attached hydrogens (tertiary/aromatic N) is 1. The molecular formula is C18H15BrClFN2O2. The number of benzene rings is 1. The summed E-state index contributed by atoms with van der Waals surface area (Å²) in [6.45, 7) is 3.80. The van der Waals surface area contributed by atoms with Crippen LogP contribution >= 0.6 is 27.5 Å². The maximum atomic E-state index is 13.7. The van der Waals surface area contributed by atoms with Gasteiger partial charge < -0.3 is 10.1 Å². The van der Waals surface area contributed by atoms with Crippen molar-refractivity contribution in [3.8, 4) is 0 Å². The number of carbonyl (C=O) groups is 1. The molecule has 0 bridgehead atoms. The van der Waals surface area contributed by atoms with Crippen LogP contribution in [0.2, 0.25) is 5.15 Å². The Morgan fingerprint density at radius 1 is 1.44 bits per heavy atom. The van der Waals surface area contributed by atoms with Crippen molar-refractivity contribution in [2.24, 2.45) is 0 Å². The van der Waals surface area contributed by atoms with Crippen LogP contribution in [-0.4, -0.2) is 17.6 Å². The molecule has 0 fully saturated rings. The molecule has 1 N–H and O–H groups in total. The van der Waals surface area contributed by atoms with E-state index >= 15 is 0 Å². The standard InChI is InChI=1S/C18H15BrClFN2O2/c1-3-25-18(24)14-9(2)23-13-6-7-22-17(20)16(13)15(14)10-4-5-12(21)11(19)8-10/h4-8,15,23H,3H2,1-2H3. The molecule has 7 heteroatoms. The van der Waals surface area contributed by atoms with Gasteiger partial charge in [-0.3, -0.25) is 0 Å². The molecule has 1 aromatic carbocycles. The quantitative estimate of drug-likeness (QED) is 0.553. The van der Waals surface area contributed by atoms with Gasteiger partial charge in [0.25, 0.3) is 0 Å². The summed E-state index contributed by atoms with van der Waals surface area (Å²) in [4.78, 5) is 16.7. The number of halogens is 3. The van der Waals surface area contributed by atoms with Gasteiger partial charge in [0.2, 0.25) is 0 Å². The lowest BCUT2D eigenvalue weighted by molar-refractivity contribution is -0.138. The van der Waals surface area contributed by atoms with E-state index in [1.165, 1.54) is 6.07 Å². The Bertz CT molecular complexity index is 885. The Hall–Kier alpha value is -1.92. The van der Waals surface area contributed by atoms with Gasteiger partial charge in [-0.2, -0.15) is 0 Å². The second-order valence-corrected chi connectivity index (χ2v) is 6.77. The van der Waals surface area contributed by atoms with Gasteiger partial charge in [-0.05, 0) is 53.5 Å². The molecule has 0 spiro atoms. The van der Waals surface area contributed by atoms with Crippen LogP contribution in [0.5, 0.6) is 0 Å².